The van der Waals surface area contributed by atoms with Gasteiger partial charge in [0.25, 0.3) is 5.91 Å². The molecule has 0 bridgehead atoms. The lowest BCUT2D eigenvalue weighted by atomic mass is 9.78. The number of fused-ring (bicyclic) bond motifs is 2. The summed E-state index contributed by atoms with van der Waals surface area (Å²) in [5.41, 5.74) is 3.38. The van der Waals surface area contributed by atoms with Gasteiger partial charge in [0.05, 0.1) is 18.4 Å². The molecule has 0 spiro atoms. The maximum absolute atomic E-state index is 14.4. The van der Waals surface area contributed by atoms with Crippen LogP contribution in [0.4, 0.5) is 5.13 Å². The maximum atomic E-state index is 14.4. The van der Waals surface area contributed by atoms with Crippen molar-refractivity contribution < 1.29 is 24.2 Å². The smallest absolute Gasteiger partial charge is 0.307 e. The molecular formula is C33H35BrN4O5S. The average molecular weight is 680 g/mol. The second-order valence-electron chi connectivity index (χ2n) is 12.2. The Labute approximate surface area is 268 Å². The van der Waals surface area contributed by atoms with E-state index in [0.29, 0.717) is 50.2 Å². The molecule has 11 heteroatoms. The fourth-order valence-electron chi connectivity index (χ4n) is 7.40. The van der Waals surface area contributed by atoms with Crippen LogP contribution in [0.25, 0.3) is 0 Å². The minimum absolute atomic E-state index is 0.0857. The molecule has 1 aromatic heterocycles. The van der Waals surface area contributed by atoms with E-state index in [0.717, 1.165) is 52.1 Å². The molecule has 3 aromatic rings. The number of anilines is 1. The van der Waals surface area contributed by atoms with Gasteiger partial charge in [-0.25, -0.2) is 4.98 Å². The largest absolute Gasteiger partial charge is 0.488 e. The van der Waals surface area contributed by atoms with Crippen molar-refractivity contribution in [3.63, 3.8) is 0 Å². The molecule has 2 amide bonds. The summed E-state index contributed by atoms with van der Waals surface area (Å²) in [6.07, 6.45) is 5.14. The summed E-state index contributed by atoms with van der Waals surface area (Å²) in [4.78, 5) is 52.2. The van der Waals surface area contributed by atoms with Crippen molar-refractivity contribution >= 4 is 50.2 Å². The first-order chi connectivity index (χ1) is 21.3. The Bertz CT molecular complexity index is 1630. The average Bonchev–Trinajstić information content (AvgIpc) is 3.76. The number of ether oxygens (including phenoxy) is 1. The SMILES string of the molecule is Cc1cnc(N2CC[C@H](Oc3ccc(Br)c4c3[C@@H](N3Cc5ccccc5C3=O)N(C(=O)[C@@H]3CCCC[C@@H]3C(=O)O)CC4)C2)s1. The Morgan fingerprint density at radius 1 is 1.07 bits per heavy atom. The first kappa shape index (κ1) is 29.3. The summed E-state index contributed by atoms with van der Waals surface area (Å²) < 4.78 is 7.68. The molecule has 3 aliphatic heterocycles. The summed E-state index contributed by atoms with van der Waals surface area (Å²) in [7, 11) is 0. The fraction of sp³-hybridized carbons (Fsp3) is 0.455. The van der Waals surface area contributed by atoms with Gasteiger partial charge in [-0.05, 0) is 55.5 Å². The molecule has 4 aliphatic rings. The van der Waals surface area contributed by atoms with Gasteiger partial charge in [0.1, 0.15) is 18.0 Å². The highest BCUT2D eigenvalue weighted by molar-refractivity contribution is 9.10. The Kier molecular flexibility index (Phi) is 7.86. The fourth-order valence-corrected chi connectivity index (χ4v) is 8.74. The molecule has 1 saturated heterocycles. The van der Waals surface area contributed by atoms with Gasteiger partial charge >= 0.3 is 5.97 Å². The van der Waals surface area contributed by atoms with Crippen molar-refractivity contribution in [2.24, 2.45) is 11.8 Å². The van der Waals surface area contributed by atoms with E-state index >= 15 is 0 Å². The molecule has 4 atom stereocenters. The van der Waals surface area contributed by atoms with E-state index in [1.54, 1.807) is 21.1 Å². The van der Waals surface area contributed by atoms with Gasteiger partial charge in [-0.3, -0.25) is 14.4 Å². The van der Waals surface area contributed by atoms with Crippen LogP contribution in [0.15, 0.2) is 47.1 Å². The number of hydrogen-bond acceptors (Lipinski definition) is 7. The summed E-state index contributed by atoms with van der Waals surface area (Å²) in [6, 6.07) is 11.5. The van der Waals surface area contributed by atoms with E-state index in [9.17, 15) is 19.5 Å². The van der Waals surface area contributed by atoms with Crippen LogP contribution in [-0.4, -0.2) is 63.4 Å². The number of aliphatic carboxylic acids is 1. The molecule has 44 heavy (non-hydrogen) atoms. The van der Waals surface area contributed by atoms with E-state index in [1.165, 1.54) is 4.88 Å². The zero-order chi connectivity index (χ0) is 30.5. The lowest BCUT2D eigenvalue weighted by molar-refractivity contribution is -0.155. The Hall–Kier alpha value is -3.44. The van der Waals surface area contributed by atoms with Crippen LogP contribution in [0.3, 0.4) is 0 Å². The number of carbonyl (C=O) groups is 3. The highest BCUT2D eigenvalue weighted by Gasteiger charge is 2.47. The van der Waals surface area contributed by atoms with Crippen molar-refractivity contribution in [2.45, 2.75) is 64.3 Å². The molecule has 1 aliphatic carbocycles. The van der Waals surface area contributed by atoms with E-state index in [1.807, 2.05) is 42.6 Å². The number of nitrogens with zero attached hydrogens (tertiary/aromatic N) is 4. The van der Waals surface area contributed by atoms with E-state index < -0.39 is 24.0 Å². The van der Waals surface area contributed by atoms with Crippen LogP contribution >= 0.6 is 27.3 Å². The number of carboxylic acid groups (broad SMARTS) is 1. The first-order valence-electron chi connectivity index (χ1n) is 15.4. The highest BCUT2D eigenvalue weighted by atomic mass is 79.9. The number of benzene rings is 2. The Balaban J connectivity index is 1.27. The normalized spacial score (nSPS) is 24.8. The number of aromatic nitrogens is 1. The lowest BCUT2D eigenvalue weighted by Gasteiger charge is -2.45. The molecular weight excluding hydrogens is 644 g/mol. The standard InChI is InChI=1S/C33H35BrN4O5S/c1-19-16-35-33(44-19)36-14-12-21(18-36)43-27-11-10-26(34)25-13-15-37(31(40)23-8-4-5-9-24(23)32(41)42)29(28(25)27)38-17-20-6-2-3-7-22(20)30(38)39/h2-3,6-7,10-11,16,21,23-24,29H,4-5,8-9,12-15,17-18H2,1H3,(H,41,42)/t21-,23+,24-,29+/m0/s1. The number of halogens is 1. The predicted octanol–water partition coefficient (Wildman–Crippen LogP) is 5.80. The molecule has 230 valence electrons. The Morgan fingerprint density at radius 3 is 2.61 bits per heavy atom. The molecule has 9 nitrogen and oxygen atoms in total. The van der Waals surface area contributed by atoms with Gasteiger partial charge in [0.2, 0.25) is 5.91 Å². The summed E-state index contributed by atoms with van der Waals surface area (Å²) in [5, 5.41) is 11.0. The third-order valence-corrected chi connectivity index (χ3v) is 11.3. The number of rotatable bonds is 6. The zero-order valence-corrected chi connectivity index (χ0v) is 27.0. The summed E-state index contributed by atoms with van der Waals surface area (Å²) in [6.45, 7) is 4.34. The van der Waals surface area contributed by atoms with Gasteiger partial charge < -0.3 is 24.5 Å². The predicted molar refractivity (Wildman–Crippen MR) is 170 cm³/mol. The lowest BCUT2D eigenvalue weighted by Crippen LogP contribution is -2.52. The molecule has 4 heterocycles. The van der Waals surface area contributed by atoms with Crippen molar-refractivity contribution in [3.8, 4) is 5.75 Å². The van der Waals surface area contributed by atoms with Gasteiger partial charge in [-0.1, -0.05) is 47.0 Å². The highest BCUT2D eigenvalue weighted by Crippen LogP contribution is 2.46. The quantitative estimate of drug-likeness (QED) is 0.351. The summed E-state index contributed by atoms with van der Waals surface area (Å²) >= 11 is 5.43. The van der Waals surface area contributed by atoms with Gasteiger partial charge in [-0.15, -0.1) is 11.3 Å². The molecule has 7 rings (SSSR count). The zero-order valence-electron chi connectivity index (χ0n) is 24.6. The van der Waals surface area contributed by atoms with Crippen LogP contribution in [0.1, 0.15) is 70.2 Å². The minimum atomic E-state index is -0.922. The van der Waals surface area contributed by atoms with E-state index in [2.05, 4.69) is 32.7 Å². The van der Waals surface area contributed by atoms with Crippen LogP contribution < -0.4 is 9.64 Å². The molecule has 2 fully saturated rings. The number of carbonyl (C=O) groups excluding carboxylic acids is 2. The van der Waals surface area contributed by atoms with Crippen molar-refractivity contribution in [3.05, 3.63) is 74.2 Å². The van der Waals surface area contributed by atoms with Crippen LogP contribution in [-0.2, 0) is 22.6 Å². The molecule has 0 unspecified atom stereocenters. The third-order valence-electron chi connectivity index (χ3n) is 9.56. The van der Waals surface area contributed by atoms with Gasteiger partial charge in [-0.2, -0.15) is 0 Å². The van der Waals surface area contributed by atoms with E-state index in [-0.39, 0.29) is 17.9 Å². The number of hydrogen-bond donors (Lipinski definition) is 1. The van der Waals surface area contributed by atoms with Crippen molar-refractivity contribution in [2.75, 3.05) is 24.5 Å². The molecule has 0 radical (unpaired) electrons. The second kappa shape index (κ2) is 11.8. The summed E-state index contributed by atoms with van der Waals surface area (Å²) in [5.74, 6) is -1.92. The monoisotopic (exact) mass is 678 g/mol. The number of amides is 2. The van der Waals surface area contributed by atoms with Crippen molar-refractivity contribution in [1.82, 2.24) is 14.8 Å². The van der Waals surface area contributed by atoms with E-state index in [4.69, 9.17) is 4.74 Å². The number of carboxylic acids is 1. The molecule has 1 N–H and O–H groups in total. The van der Waals surface area contributed by atoms with Gasteiger partial charge in [0.15, 0.2) is 5.13 Å². The maximum Gasteiger partial charge on any atom is 0.307 e. The number of thiazole rings is 1. The topological polar surface area (TPSA) is 103 Å². The molecule has 2 aromatic carbocycles. The molecule has 1 saturated carbocycles. The van der Waals surface area contributed by atoms with Crippen LogP contribution in [0, 0.1) is 18.8 Å². The number of aryl methyl sites for hydroxylation is 1. The van der Waals surface area contributed by atoms with Crippen molar-refractivity contribution in [1.29, 1.82) is 0 Å². The Morgan fingerprint density at radius 2 is 1.86 bits per heavy atom. The van der Waals surface area contributed by atoms with Crippen LogP contribution in [0.2, 0.25) is 0 Å². The second-order valence-corrected chi connectivity index (χ2v) is 14.3. The third kappa shape index (κ3) is 5.17. The minimum Gasteiger partial charge on any atom is -0.488 e. The first-order valence-corrected chi connectivity index (χ1v) is 17.0. The van der Waals surface area contributed by atoms with Crippen LogP contribution in [0.5, 0.6) is 5.75 Å². The van der Waals surface area contributed by atoms with Gasteiger partial charge in [0, 0.05) is 52.7 Å².